The maximum absolute atomic E-state index is 11.7. The van der Waals surface area contributed by atoms with Crippen molar-refractivity contribution in [1.29, 1.82) is 0 Å². The molecule has 0 spiro atoms. The van der Waals surface area contributed by atoms with Gasteiger partial charge in [-0.3, -0.25) is 14.6 Å². The Labute approximate surface area is 127 Å². The van der Waals surface area contributed by atoms with E-state index in [1.165, 1.54) is 32.4 Å². The van der Waals surface area contributed by atoms with Gasteiger partial charge >= 0.3 is 5.97 Å². The van der Waals surface area contributed by atoms with E-state index >= 15 is 0 Å². The van der Waals surface area contributed by atoms with Gasteiger partial charge in [0, 0.05) is 31.7 Å². The minimum Gasteiger partial charge on any atom is -0.480 e. The van der Waals surface area contributed by atoms with Crippen molar-refractivity contribution in [3.8, 4) is 0 Å². The molecule has 0 amide bonds. The third-order valence-electron chi connectivity index (χ3n) is 6.00. The lowest BCUT2D eigenvalue weighted by Crippen LogP contribution is -2.61. The van der Waals surface area contributed by atoms with E-state index in [9.17, 15) is 9.90 Å². The third-order valence-corrected chi connectivity index (χ3v) is 6.00. The van der Waals surface area contributed by atoms with Crippen LogP contribution >= 0.6 is 0 Å². The van der Waals surface area contributed by atoms with Crippen LogP contribution < -0.4 is 5.32 Å². The van der Waals surface area contributed by atoms with Crippen LogP contribution in [0, 0.1) is 0 Å². The molecule has 1 saturated carbocycles. The average molecular weight is 295 g/mol. The molecule has 5 nitrogen and oxygen atoms in total. The molecule has 2 heterocycles. The number of fused-ring (bicyclic) bond motifs is 1. The monoisotopic (exact) mass is 295 g/mol. The predicted octanol–water partition coefficient (Wildman–Crippen LogP) is 1.14. The zero-order valence-corrected chi connectivity index (χ0v) is 13.2. The van der Waals surface area contributed by atoms with Crippen molar-refractivity contribution in [3.63, 3.8) is 0 Å². The standard InChI is InChI=1S/C16H29N3O2/c1-17-16(15(20)21)7-4-6-13(11-16)19-10-9-18-8-3-2-5-14(18)12-19/h13-14,17H,2-12H2,1H3,(H,20,21). The second kappa shape index (κ2) is 6.23. The lowest BCUT2D eigenvalue weighted by Gasteiger charge is -2.49. The van der Waals surface area contributed by atoms with Crippen LogP contribution in [0.4, 0.5) is 0 Å². The minimum absolute atomic E-state index is 0.436. The van der Waals surface area contributed by atoms with Gasteiger partial charge in [0.1, 0.15) is 5.54 Å². The first kappa shape index (κ1) is 15.3. The summed E-state index contributed by atoms with van der Waals surface area (Å²) in [5.74, 6) is -0.675. The summed E-state index contributed by atoms with van der Waals surface area (Å²) in [6.45, 7) is 4.68. The van der Waals surface area contributed by atoms with Crippen molar-refractivity contribution in [1.82, 2.24) is 15.1 Å². The molecule has 3 aliphatic rings. The van der Waals surface area contributed by atoms with E-state index in [-0.39, 0.29) is 0 Å². The smallest absolute Gasteiger partial charge is 0.323 e. The molecule has 2 saturated heterocycles. The highest BCUT2D eigenvalue weighted by molar-refractivity contribution is 5.79. The highest BCUT2D eigenvalue weighted by atomic mass is 16.4. The highest BCUT2D eigenvalue weighted by Crippen LogP contribution is 2.33. The summed E-state index contributed by atoms with van der Waals surface area (Å²) >= 11 is 0. The van der Waals surface area contributed by atoms with Crippen LogP contribution in [-0.4, -0.2) is 71.7 Å². The summed E-state index contributed by atoms with van der Waals surface area (Å²) < 4.78 is 0. The van der Waals surface area contributed by atoms with Gasteiger partial charge in [0.05, 0.1) is 0 Å². The fourth-order valence-electron chi connectivity index (χ4n) is 4.60. The van der Waals surface area contributed by atoms with Crippen LogP contribution in [0.5, 0.6) is 0 Å². The number of piperidine rings is 1. The molecular weight excluding hydrogens is 266 g/mol. The first-order valence-electron chi connectivity index (χ1n) is 8.55. The Bertz CT molecular complexity index is 390. The summed E-state index contributed by atoms with van der Waals surface area (Å²) in [4.78, 5) is 16.9. The second-order valence-corrected chi connectivity index (χ2v) is 7.07. The van der Waals surface area contributed by atoms with Gasteiger partial charge < -0.3 is 10.4 Å². The van der Waals surface area contributed by atoms with E-state index < -0.39 is 11.5 Å². The number of nitrogens with zero attached hydrogens (tertiary/aromatic N) is 2. The van der Waals surface area contributed by atoms with Crippen molar-refractivity contribution >= 4 is 5.97 Å². The van der Waals surface area contributed by atoms with E-state index in [1.54, 1.807) is 7.05 Å². The lowest BCUT2D eigenvalue weighted by molar-refractivity contribution is -0.147. The van der Waals surface area contributed by atoms with Gasteiger partial charge in [0.15, 0.2) is 0 Å². The first-order valence-corrected chi connectivity index (χ1v) is 8.55. The molecule has 0 aromatic heterocycles. The van der Waals surface area contributed by atoms with E-state index in [0.29, 0.717) is 12.1 Å². The minimum atomic E-state index is -0.702. The van der Waals surface area contributed by atoms with Gasteiger partial charge in [-0.25, -0.2) is 0 Å². The zero-order chi connectivity index (χ0) is 14.9. The molecule has 120 valence electrons. The van der Waals surface area contributed by atoms with Gasteiger partial charge in [-0.2, -0.15) is 0 Å². The fraction of sp³-hybridized carbons (Fsp3) is 0.938. The Balaban J connectivity index is 1.65. The molecule has 0 aromatic carbocycles. The number of carboxylic acid groups (broad SMARTS) is 1. The molecule has 0 bridgehead atoms. The average Bonchev–Trinajstić information content (AvgIpc) is 2.54. The van der Waals surface area contributed by atoms with E-state index in [1.807, 2.05) is 0 Å². The summed E-state index contributed by atoms with van der Waals surface area (Å²) in [6, 6.07) is 1.15. The van der Waals surface area contributed by atoms with Crippen LogP contribution in [0.15, 0.2) is 0 Å². The van der Waals surface area contributed by atoms with E-state index in [2.05, 4.69) is 15.1 Å². The Hall–Kier alpha value is -0.650. The van der Waals surface area contributed by atoms with Gasteiger partial charge in [0.25, 0.3) is 0 Å². The molecule has 3 rings (SSSR count). The Morgan fingerprint density at radius 3 is 2.62 bits per heavy atom. The van der Waals surface area contributed by atoms with E-state index in [0.717, 1.165) is 38.8 Å². The highest BCUT2D eigenvalue weighted by Gasteiger charge is 2.44. The second-order valence-electron chi connectivity index (χ2n) is 7.07. The number of nitrogens with one attached hydrogen (secondary N) is 1. The molecule has 2 N–H and O–H groups in total. The Morgan fingerprint density at radius 2 is 1.86 bits per heavy atom. The van der Waals surface area contributed by atoms with Gasteiger partial charge in [0.2, 0.25) is 0 Å². The summed E-state index contributed by atoms with van der Waals surface area (Å²) in [6.07, 6.45) is 7.72. The Kier molecular flexibility index (Phi) is 4.52. The zero-order valence-electron chi connectivity index (χ0n) is 13.2. The molecule has 1 aliphatic carbocycles. The molecule has 3 atom stereocenters. The molecule has 21 heavy (non-hydrogen) atoms. The normalized spacial score (nSPS) is 38.9. The summed E-state index contributed by atoms with van der Waals surface area (Å²) in [5.41, 5.74) is -0.702. The van der Waals surface area contributed by atoms with Crippen molar-refractivity contribution in [3.05, 3.63) is 0 Å². The Morgan fingerprint density at radius 1 is 1.10 bits per heavy atom. The lowest BCUT2D eigenvalue weighted by atomic mass is 9.78. The number of hydrogen-bond acceptors (Lipinski definition) is 4. The third kappa shape index (κ3) is 2.96. The van der Waals surface area contributed by atoms with Crippen molar-refractivity contribution < 1.29 is 9.90 Å². The van der Waals surface area contributed by atoms with Crippen LogP contribution in [0.2, 0.25) is 0 Å². The quantitative estimate of drug-likeness (QED) is 0.818. The van der Waals surface area contributed by atoms with Crippen LogP contribution in [-0.2, 0) is 4.79 Å². The maximum atomic E-state index is 11.7. The molecule has 3 unspecified atom stereocenters. The maximum Gasteiger partial charge on any atom is 0.323 e. The molecule has 2 aliphatic heterocycles. The van der Waals surface area contributed by atoms with Gasteiger partial charge in [-0.15, -0.1) is 0 Å². The number of rotatable bonds is 3. The van der Waals surface area contributed by atoms with Crippen molar-refractivity contribution in [2.45, 2.75) is 62.6 Å². The number of aliphatic carboxylic acids is 1. The topological polar surface area (TPSA) is 55.8 Å². The van der Waals surface area contributed by atoms with Gasteiger partial charge in [-0.1, -0.05) is 6.42 Å². The molecule has 0 radical (unpaired) electrons. The van der Waals surface area contributed by atoms with E-state index in [4.69, 9.17) is 0 Å². The molecule has 3 fully saturated rings. The number of carbonyl (C=O) groups is 1. The van der Waals surface area contributed by atoms with Crippen LogP contribution in [0.3, 0.4) is 0 Å². The summed E-state index contributed by atoms with van der Waals surface area (Å²) in [7, 11) is 1.80. The van der Waals surface area contributed by atoms with Crippen molar-refractivity contribution in [2.24, 2.45) is 0 Å². The largest absolute Gasteiger partial charge is 0.480 e. The first-order chi connectivity index (χ1) is 10.1. The number of likely N-dealkylation sites (N-methyl/N-ethyl adjacent to an activating group) is 1. The van der Waals surface area contributed by atoms with Crippen LogP contribution in [0.25, 0.3) is 0 Å². The number of piperazine rings is 1. The molecule has 5 heteroatoms. The number of hydrogen-bond donors (Lipinski definition) is 2. The summed E-state index contributed by atoms with van der Waals surface area (Å²) in [5, 5.41) is 12.7. The van der Waals surface area contributed by atoms with Crippen LogP contribution in [0.1, 0.15) is 44.9 Å². The van der Waals surface area contributed by atoms with Gasteiger partial charge in [-0.05, 0) is 52.1 Å². The predicted molar refractivity (Wildman–Crippen MR) is 82.5 cm³/mol. The number of carboxylic acids is 1. The van der Waals surface area contributed by atoms with Crippen molar-refractivity contribution in [2.75, 3.05) is 33.2 Å². The fourth-order valence-corrected chi connectivity index (χ4v) is 4.60. The SMILES string of the molecule is CNC1(C(=O)O)CCCC(N2CCN3CCCCC3C2)C1. The molecular formula is C16H29N3O2. The molecule has 0 aromatic rings.